The molecule has 0 aliphatic carbocycles. The molecule has 23 heavy (non-hydrogen) atoms. The molecule has 0 fully saturated rings. The number of urea groups is 1. The van der Waals surface area contributed by atoms with E-state index in [2.05, 4.69) is 10.6 Å². The Kier molecular flexibility index (Phi) is 5.54. The smallest absolute Gasteiger partial charge is 0.338 e. The number of halogens is 2. The lowest BCUT2D eigenvalue weighted by Gasteiger charge is -2.09. The third-order valence-electron chi connectivity index (χ3n) is 2.83. The molecule has 0 aliphatic rings. The van der Waals surface area contributed by atoms with Gasteiger partial charge in [0.15, 0.2) is 0 Å². The topological polar surface area (TPSA) is 67.4 Å². The summed E-state index contributed by atoms with van der Waals surface area (Å²) < 4.78 is 18.4. The lowest BCUT2D eigenvalue weighted by atomic mass is 10.2. The van der Waals surface area contributed by atoms with E-state index in [1.54, 1.807) is 19.1 Å². The Morgan fingerprint density at radius 1 is 1.13 bits per heavy atom. The zero-order valence-corrected chi connectivity index (χ0v) is 13.0. The van der Waals surface area contributed by atoms with E-state index >= 15 is 0 Å². The molecule has 0 saturated carbocycles. The molecule has 2 rings (SSSR count). The van der Waals surface area contributed by atoms with E-state index in [0.717, 1.165) is 6.07 Å². The number of carbonyl (C=O) groups is 2. The fraction of sp³-hybridized carbons (Fsp3) is 0.125. The van der Waals surface area contributed by atoms with E-state index in [9.17, 15) is 14.0 Å². The van der Waals surface area contributed by atoms with Gasteiger partial charge in [0.1, 0.15) is 5.82 Å². The third kappa shape index (κ3) is 4.69. The molecule has 2 aromatic rings. The van der Waals surface area contributed by atoms with Gasteiger partial charge < -0.3 is 15.4 Å². The second-order valence-electron chi connectivity index (χ2n) is 4.50. The van der Waals surface area contributed by atoms with Crippen LogP contribution in [-0.2, 0) is 4.74 Å². The molecular formula is C16H14ClFN2O3. The van der Waals surface area contributed by atoms with E-state index in [1.165, 1.54) is 24.3 Å². The van der Waals surface area contributed by atoms with Gasteiger partial charge in [0.2, 0.25) is 0 Å². The largest absolute Gasteiger partial charge is 0.462 e. The van der Waals surface area contributed by atoms with Crippen LogP contribution >= 0.6 is 11.6 Å². The SMILES string of the molecule is CCOC(=O)c1ccc(NC(=O)Nc2cc(Cl)ccc2F)cc1. The monoisotopic (exact) mass is 336 g/mol. The number of ether oxygens (including phenoxy) is 1. The van der Waals surface area contributed by atoms with Crippen LogP contribution in [0.15, 0.2) is 42.5 Å². The summed E-state index contributed by atoms with van der Waals surface area (Å²) in [4.78, 5) is 23.4. The fourth-order valence-electron chi connectivity index (χ4n) is 1.78. The summed E-state index contributed by atoms with van der Waals surface area (Å²) in [6, 6.07) is 9.34. The normalized spacial score (nSPS) is 10.0. The molecule has 2 amide bonds. The van der Waals surface area contributed by atoms with Crippen LogP contribution in [-0.4, -0.2) is 18.6 Å². The quantitative estimate of drug-likeness (QED) is 0.818. The Labute approximate surface area is 137 Å². The van der Waals surface area contributed by atoms with Crippen molar-refractivity contribution in [2.24, 2.45) is 0 Å². The van der Waals surface area contributed by atoms with E-state index in [1.807, 2.05) is 0 Å². The number of rotatable bonds is 4. The molecule has 0 saturated heterocycles. The molecule has 0 aliphatic heterocycles. The van der Waals surface area contributed by atoms with Crippen LogP contribution in [0.25, 0.3) is 0 Å². The first-order valence-corrected chi connectivity index (χ1v) is 7.17. The van der Waals surface area contributed by atoms with Crippen molar-refractivity contribution < 1.29 is 18.7 Å². The minimum Gasteiger partial charge on any atom is -0.462 e. The van der Waals surface area contributed by atoms with Crippen molar-refractivity contribution >= 4 is 35.0 Å². The molecule has 0 heterocycles. The van der Waals surface area contributed by atoms with E-state index < -0.39 is 17.8 Å². The van der Waals surface area contributed by atoms with Crippen molar-refractivity contribution in [2.45, 2.75) is 6.92 Å². The summed E-state index contributed by atoms with van der Waals surface area (Å²) in [7, 11) is 0. The lowest BCUT2D eigenvalue weighted by molar-refractivity contribution is 0.0526. The summed E-state index contributed by atoms with van der Waals surface area (Å²) in [6.45, 7) is 2.00. The second-order valence-corrected chi connectivity index (χ2v) is 4.94. The van der Waals surface area contributed by atoms with Gasteiger partial charge in [-0.3, -0.25) is 0 Å². The Morgan fingerprint density at radius 2 is 1.83 bits per heavy atom. The van der Waals surface area contributed by atoms with Crippen molar-refractivity contribution in [2.75, 3.05) is 17.2 Å². The zero-order chi connectivity index (χ0) is 16.8. The summed E-state index contributed by atoms with van der Waals surface area (Å²) in [5, 5.41) is 5.19. The molecule has 2 aromatic carbocycles. The van der Waals surface area contributed by atoms with Gasteiger partial charge >= 0.3 is 12.0 Å². The molecule has 0 radical (unpaired) electrons. The minimum absolute atomic E-state index is 0.0295. The maximum Gasteiger partial charge on any atom is 0.338 e. The van der Waals surface area contributed by atoms with E-state index in [4.69, 9.17) is 16.3 Å². The number of hydrogen-bond donors (Lipinski definition) is 2. The molecule has 0 spiro atoms. The lowest BCUT2D eigenvalue weighted by Crippen LogP contribution is -2.20. The van der Waals surface area contributed by atoms with Gasteiger partial charge in [0.05, 0.1) is 17.9 Å². The number of nitrogens with one attached hydrogen (secondary N) is 2. The van der Waals surface area contributed by atoms with Gasteiger partial charge in [-0.1, -0.05) is 11.6 Å². The maximum atomic E-state index is 13.5. The molecular weight excluding hydrogens is 323 g/mol. The highest BCUT2D eigenvalue weighted by Gasteiger charge is 2.09. The number of anilines is 2. The average Bonchev–Trinajstić information content (AvgIpc) is 2.52. The van der Waals surface area contributed by atoms with Crippen LogP contribution in [0.5, 0.6) is 0 Å². The van der Waals surface area contributed by atoms with E-state index in [0.29, 0.717) is 16.3 Å². The van der Waals surface area contributed by atoms with Gasteiger partial charge in [-0.05, 0) is 49.4 Å². The molecule has 7 heteroatoms. The predicted octanol–water partition coefficient (Wildman–Crippen LogP) is 4.30. The average molecular weight is 337 g/mol. The first-order valence-electron chi connectivity index (χ1n) is 6.80. The molecule has 0 atom stereocenters. The van der Waals surface area contributed by atoms with Crippen molar-refractivity contribution in [3.8, 4) is 0 Å². The molecule has 0 bridgehead atoms. The van der Waals surface area contributed by atoms with Crippen molar-refractivity contribution in [3.05, 3.63) is 58.9 Å². The molecule has 0 aromatic heterocycles. The summed E-state index contributed by atoms with van der Waals surface area (Å²) >= 11 is 5.75. The number of benzene rings is 2. The van der Waals surface area contributed by atoms with Crippen LogP contribution in [0.3, 0.4) is 0 Å². The summed E-state index contributed by atoms with van der Waals surface area (Å²) in [5.74, 6) is -1.04. The number of amides is 2. The molecule has 5 nitrogen and oxygen atoms in total. The summed E-state index contributed by atoms with van der Waals surface area (Å²) in [6.07, 6.45) is 0. The van der Waals surface area contributed by atoms with Crippen LogP contribution in [0.2, 0.25) is 5.02 Å². The molecule has 0 unspecified atom stereocenters. The van der Waals surface area contributed by atoms with E-state index in [-0.39, 0.29) is 12.3 Å². The van der Waals surface area contributed by atoms with Crippen molar-refractivity contribution in [3.63, 3.8) is 0 Å². The van der Waals surface area contributed by atoms with Gasteiger partial charge in [-0.25, -0.2) is 14.0 Å². The van der Waals surface area contributed by atoms with Crippen LogP contribution in [0, 0.1) is 5.82 Å². The first kappa shape index (κ1) is 16.8. The highest BCUT2D eigenvalue weighted by molar-refractivity contribution is 6.30. The number of hydrogen-bond acceptors (Lipinski definition) is 3. The Hall–Kier alpha value is -2.60. The fourth-order valence-corrected chi connectivity index (χ4v) is 1.95. The summed E-state index contributed by atoms with van der Waals surface area (Å²) in [5.41, 5.74) is 0.787. The Bertz CT molecular complexity index is 720. The first-order chi connectivity index (χ1) is 11.0. The van der Waals surface area contributed by atoms with Crippen molar-refractivity contribution in [1.29, 1.82) is 0 Å². The highest BCUT2D eigenvalue weighted by atomic mass is 35.5. The number of esters is 1. The zero-order valence-electron chi connectivity index (χ0n) is 12.2. The molecule has 2 N–H and O–H groups in total. The van der Waals surface area contributed by atoms with Crippen LogP contribution in [0.1, 0.15) is 17.3 Å². The van der Waals surface area contributed by atoms with Gasteiger partial charge in [0.25, 0.3) is 0 Å². The number of carbonyl (C=O) groups excluding carboxylic acids is 2. The van der Waals surface area contributed by atoms with Gasteiger partial charge in [-0.2, -0.15) is 0 Å². The molecule has 120 valence electrons. The maximum absolute atomic E-state index is 13.5. The second kappa shape index (κ2) is 7.60. The van der Waals surface area contributed by atoms with Gasteiger partial charge in [0, 0.05) is 10.7 Å². The minimum atomic E-state index is -0.630. The predicted molar refractivity (Wildman–Crippen MR) is 86.4 cm³/mol. The Balaban J connectivity index is 2.00. The van der Waals surface area contributed by atoms with Crippen LogP contribution < -0.4 is 10.6 Å². The van der Waals surface area contributed by atoms with Crippen LogP contribution in [0.4, 0.5) is 20.6 Å². The van der Waals surface area contributed by atoms with Crippen molar-refractivity contribution in [1.82, 2.24) is 0 Å². The third-order valence-corrected chi connectivity index (χ3v) is 3.07. The highest BCUT2D eigenvalue weighted by Crippen LogP contribution is 2.20. The standard InChI is InChI=1S/C16H14ClFN2O3/c1-2-23-15(21)10-3-6-12(7-4-10)19-16(22)20-14-9-11(17)5-8-13(14)18/h3-9H,2H2,1H3,(H2,19,20,22). The Morgan fingerprint density at radius 3 is 2.48 bits per heavy atom. The van der Waals surface area contributed by atoms with Gasteiger partial charge in [-0.15, -0.1) is 0 Å².